The molecule has 2 N–H and O–H groups in total. The number of hydrogen-bond donors (Lipinski definition) is 2. The average molecular weight is 346 g/mol. The van der Waals surface area contributed by atoms with Crippen LogP contribution in [0.2, 0.25) is 0 Å². The van der Waals surface area contributed by atoms with Gasteiger partial charge in [0.05, 0.1) is 11.3 Å². The number of benzene rings is 2. The molecule has 0 aromatic heterocycles. The monoisotopic (exact) mass is 346 g/mol. The minimum Gasteiger partial charge on any atom is -0.326 e. The highest BCUT2D eigenvalue weighted by Gasteiger charge is 2.08. The van der Waals surface area contributed by atoms with Crippen molar-refractivity contribution < 1.29 is 18.0 Å². The minimum atomic E-state index is -3.25. The third kappa shape index (κ3) is 5.20. The van der Waals surface area contributed by atoms with Crippen LogP contribution >= 0.6 is 0 Å². The molecule has 0 aliphatic heterocycles. The highest BCUT2D eigenvalue weighted by molar-refractivity contribution is 7.90. The van der Waals surface area contributed by atoms with Gasteiger partial charge in [-0.15, -0.1) is 0 Å². The molecule has 0 saturated heterocycles. The molecule has 0 radical (unpaired) electrons. The van der Waals surface area contributed by atoms with Crippen molar-refractivity contribution in [2.24, 2.45) is 0 Å². The van der Waals surface area contributed by atoms with Gasteiger partial charge in [-0.05, 0) is 42.0 Å². The summed E-state index contributed by atoms with van der Waals surface area (Å²) in [7, 11) is -3.25. The second kappa shape index (κ2) is 7.27. The maximum Gasteiger partial charge on any atom is 0.228 e. The fourth-order valence-corrected chi connectivity index (χ4v) is 2.72. The molecule has 6 nitrogen and oxygen atoms in total. The number of rotatable bonds is 5. The van der Waals surface area contributed by atoms with Crippen molar-refractivity contribution in [3.05, 3.63) is 54.1 Å². The molecule has 0 unspecified atom stereocenters. The van der Waals surface area contributed by atoms with Crippen LogP contribution in [0.1, 0.15) is 12.5 Å². The SMILES string of the molecule is CC(=O)Nc1ccc(CC(=O)Nc2ccc(S(C)(=O)=O)cc2)cc1. The molecule has 0 saturated carbocycles. The predicted molar refractivity (Wildman–Crippen MR) is 92.6 cm³/mol. The average Bonchev–Trinajstić information content (AvgIpc) is 2.48. The van der Waals surface area contributed by atoms with Gasteiger partial charge in [-0.25, -0.2) is 8.42 Å². The van der Waals surface area contributed by atoms with E-state index in [4.69, 9.17) is 0 Å². The number of hydrogen-bond acceptors (Lipinski definition) is 4. The largest absolute Gasteiger partial charge is 0.326 e. The van der Waals surface area contributed by atoms with E-state index in [1.54, 1.807) is 36.4 Å². The molecule has 0 aliphatic rings. The molecule has 0 bridgehead atoms. The van der Waals surface area contributed by atoms with Crippen LogP contribution in [-0.4, -0.2) is 26.5 Å². The zero-order valence-corrected chi connectivity index (χ0v) is 14.2. The van der Waals surface area contributed by atoms with Crippen LogP contribution in [0.3, 0.4) is 0 Å². The molecule has 24 heavy (non-hydrogen) atoms. The molecule has 0 fully saturated rings. The summed E-state index contributed by atoms with van der Waals surface area (Å²) in [4.78, 5) is 23.2. The summed E-state index contributed by atoms with van der Waals surface area (Å²) in [6.45, 7) is 1.43. The van der Waals surface area contributed by atoms with Gasteiger partial charge in [0, 0.05) is 24.6 Å². The first-order chi connectivity index (χ1) is 11.2. The Morgan fingerprint density at radius 2 is 1.38 bits per heavy atom. The quantitative estimate of drug-likeness (QED) is 0.868. The van der Waals surface area contributed by atoms with Gasteiger partial charge in [-0.3, -0.25) is 9.59 Å². The van der Waals surface area contributed by atoms with E-state index in [2.05, 4.69) is 10.6 Å². The van der Waals surface area contributed by atoms with Crippen LogP contribution in [0.5, 0.6) is 0 Å². The topological polar surface area (TPSA) is 92.3 Å². The fraction of sp³-hybridized carbons (Fsp3) is 0.176. The van der Waals surface area contributed by atoms with Gasteiger partial charge >= 0.3 is 0 Å². The summed E-state index contributed by atoms with van der Waals surface area (Å²) in [6.07, 6.45) is 1.30. The minimum absolute atomic E-state index is 0.155. The Kier molecular flexibility index (Phi) is 5.35. The molecule has 2 rings (SSSR count). The van der Waals surface area contributed by atoms with E-state index in [1.165, 1.54) is 19.1 Å². The van der Waals surface area contributed by atoms with E-state index in [1.807, 2.05) is 0 Å². The van der Waals surface area contributed by atoms with Crippen LogP contribution in [0, 0.1) is 0 Å². The van der Waals surface area contributed by atoms with Crippen LogP contribution in [-0.2, 0) is 25.8 Å². The van der Waals surface area contributed by atoms with E-state index >= 15 is 0 Å². The van der Waals surface area contributed by atoms with Gasteiger partial charge in [0.15, 0.2) is 9.84 Å². The lowest BCUT2D eigenvalue weighted by atomic mass is 10.1. The van der Waals surface area contributed by atoms with Crippen LogP contribution < -0.4 is 10.6 Å². The normalized spacial score (nSPS) is 10.9. The highest BCUT2D eigenvalue weighted by Crippen LogP contribution is 2.15. The standard InChI is InChI=1S/C17H18N2O4S/c1-12(20)18-14-5-3-13(4-6-14)11-17(21)19-15-7-9-16(10-8-15)24(2,22)23/h3-10H,11H2,1-2H3,(H,18,20)(H,19,21). The maximum atomic E-state index is 12.0. The lowest BCUT2D eigenvalue weighted by Crippen LogP contribution is -2.14. The van der Waals surface area contributed by atoms with Crippen molar-refractivity contribution in [1.82, 2.24) is 0 Å². The summed E-state index contributed by atoms with van der Waals surface area (Å²) in [5, 5.41) is 5.37. The van der Waals surface area contributed by atoms with Crippen molar-refractivity contribution in [3.63, 3.8) is 0 Å². The molecule has 126 valence electrons. The van der Waals surface area contributed by atoms with E-state index in [-0.39, 0.29) is 23.1 Å². The molecule has 2 aromatic carbocycles. The molecule has 2 amide bonds. The number of amides is 2. The lowest BCUT2D eigenvalue weighted by molar-refractivity contribution is -0.116. The number of sulfone groups is 1. The smallest absolute Gasteiger partial charge is 0.228 e. The summed E-state index contributed by atoms with van der Waals surface area (Å²) in [6, 6.07) is 13.0. The Hall–Kier alpha value is -2.67. The zero-order valence-electron chi connectivity index (χ0n) is 13.4. The van der Waals surface area contributed by atoms with E-state index in [9.17, 15) is 18.0 Å². The third-order valence-electron chi connectivity index (χ3n) is 3.21. The molecule has 0 spiro atoms. The Morgan fingerprint density at radius 1 is 0.875 bits per heavy atom. The Labute approximate surface area is 140 Å². The Bertz CT molecular complexity index is 841. The third-order valence-corrected chi connectivity index (χ3v) is 4.33. The maximum absolute atomic E-state index is 12.0. The molecular formula is C17H18N2O4S. The van der Waals surface area contributed by atoms with Gasteiger partial charge in [-0.1, -0.05) is 12.1 Å². The molecule has 7 heteroatoms. The number of nitrogens with one attached hydrogen (secondary N) is 2. The first-order valence-corrected chi connectivity index (χ1v) is 9.10. The van der Waals surface area contributed by atoms with E-state index in [0.29, 0.717) is 11.4 Å². The van der Waals surface area contributed by atoms with Crippen molar-refractivity contribution in [2.75, 3.05) is 16.9 Å². The van der Waals surface area contributed by atoms with Crippen molar-refractivity contribution in [2.45, 2.75) is 18.2 Å². The number of carbonyl (C=O) groups excluding carboxylic acids is 2. The van der Waals surface area contributed by atoms with Gasteiger partial charge < -0.3 is 10.6 Å². The summed E-state index contributed by atoms with van der Waals surface area (Å²) in [5.74, 6) is -0.368. The Balaban J connectivity index is 1.96. The summed E-state index contributed by atoms with van der Waals surface area (Å²) < 4.78 is 22.8. The van der Waals surface area contributed by atoms with Crippen LogP contribution in [0.4, 0.5) is 11.4 Å². The van der Waals surface area contributed by atoms with Crippen LogP contribution in [0.25, 0.3) is 0 Å². The first-order valence-electron chi connectivity index (χ1n) is 7.20. The van der Waals surface area contributed by atoms with Crippen molar-refractivity contribution >= 4 is 33.0 Å². The second-order valence-electron chi connectivity index (χ2n) is 5.40. The zero-order chi connectivity index (χ0) is 17.7. The molecule has 0 heterocycles. The van der Waals surface area contributed by atoms with Gasteiger partial charge in [-0.2, -0.15) is 0 Å². The van der Waals surface area contributed by atoms with E-state index < -0.39 is 9.84 Å². The number of carbonyl (C=O) groups is 2. The van der Waals surface area contributed by atoms with Gasteiger partial charge in [0.25, 0.3) is 0 Å². The highest BCUT2D eigenvalue weighted by atomic mass is 32.2. The predicted octanol–water partition coefficient (Wildman–Crippen LogP) is 2.23. The first kappa shape index (κ1) is 17.7. The summed E-state index contributed by atoms with van der Waals surface area (Å²) >= 11 is 0. The number of anilines is 2. The molecular weight excluding hydrogens is 328 g/mol. The second-order valence-corrected chi connectivity index (χ2v) is 7.42. The van der Waals surface area contributed by atoms with Crippen molar-refractivity contribution in [3.8, 4) is 0 Å². The van der Waals surface area contributed by atoms with Gasteiger partial charge in [0.1, 0.15) is 0 Å². The van der Waals surface area contributed by atoms with Gasteiger partial charge in [0.2, 0.25) is 11.8 Å². The fourth-order valence-electron chi connectivity index (χ4n) is 2.09. The lowest BCUT2D eigenvalue weighted by Gasteiger charge is -2.07. The van der Waals surface area contributed by atoms with Crippen LogP contribution in [0.15, 0.2) is 53.4 Å². The summed E-state index contributed by atoms with van der Waals surface area (Å²) in [5.41, 5.74) is 2.00. The molecule has 2 aromatic rings. The van der Waals surface area contributed by atoms with Crippen molar-refractivity contribution in [1.29, 1.82) is 0 Å². The van der Waals surface area contributed by atoms with E-state index in [0.717, 1.165) is 11.8 Å². The molecule has 0 atom stereocenters. The molecule has 0 aliphatic carbocycles. The Morgan fingerprint density at radius 3 is 1.88 bits per heavy atom.